The van der Waals surface area contributed by atoms with Crippen molar-refractivity contribution >= 4 is 50.9 Å². The van der Waals surface area contributed by atoms with Crippen molar-refractivity contribution in [2.75, 3.05) is 0 Å². The molecule has 4 nitrogen and oxygen atoms in total. The van der Waals surface area contributed by atoms with Crippen molar-refractivity contribution in [2.24, 2.45) is 0 Å². The van der Waals surface area contributed by atoms with Crippen molar-refractivity contribution < 1.29 is 4.92 Å². The topological polar surface area (TPSA) is 56.0 Å². The van der Waals surface area contributed by atoms with E-state index in [1.165, 1.54) is 0 Å². The lowest BCUT2D eigenvalue weighted by Crippen LogP contribution is -2.02. The summed E-state index contributed by atoms with van der Waals surface area (Å²) in [5.41, 5.74) is 1.47. The molecule has 13 heavy (non-hydrogen) atoms. The fraction of sp³-hybridized carbons (Fsp3) is 0.286. The van der Waals surface area contributed by atoms with E-state index < -0.39 is 0 Å². The zero-order valence-electron chi connectivity index (χ0n) is 6.97. The molecule has 6 heteroatoms. The molecule has 0 saturated carbocycles. The summed E-state index contributed by atoms with van der Waals surface area (Å²) in [5.74, 6) is 0. The summed E-state index contributed by atoms with van der Waals surface area (Å²) < 4.78 is 1.39. The van der Waals surface area contributed by atoms with Gasteiger partial charge in [0.15, 0.2) is 0 Å². The first-order valence-corrected chi connectivity index (χ1v) is 5.57. The first-order valence-electron chi connectivity index (χ1n) is 3.41. The predicted molar refractivity (Wildman–Crippen MR) is 65.8 cm³/mol. The van der Waals surface area contributed by atoms with Crippen LogP contribution in [-0.2, 0) is 0 Å². The van der Waals surface area contributed by atoms with Crippen LogP contribution in [0, 0.1) is 31.4 Å². The fourth-order valence-corrected chi connectivity index (χ4v) is 2.46. The van der Waals surface area contributed by atoms with Crippen molar-refractivity contribution in [3.05, 3.63) is 28.6 Å². The number of rotatable bonds is 1. The molecule has 0 bridgehead atoms. The van der Waals surface area contributed by atoms with Crippen LogP contribution in [0.4, 0.5) is 5.69 Å². The second-order valence-corrected chi connectivity index (χ2v) is 4.59. The molecular weight excluding hydrogens is 398 g/mol. The van der Waals surface area contributed by atoms with Crippen LogP contribution in [0.2, 0.25) is 0 Å². The Bertz CT molecular complexity index is 353. The molecule has 1 rings (SSSR count). The maximum absolute atomic E-state index is 10.7. The molecule has 0 aliphatic rings. The Morgan fingerprint density at radius 3 is 1.92 bits per heavy atom. The average molecular weight is 404 g/mol. The fourth-order valence-electron chi connectivity index (χ4n) is 1.00. The van der Waals surface area contributed by atoms with Crippen LogP contribution in [0.1, 0.15) is 11.1 Å². The van der Waals surface area contributed by atoms with Crippen molar-refractivity contribution in [1.29, 1.82) is 0 Å². The van der Waals surface area contributed by atoms with Crippen LogP contribution in [0.25, 0.3) is 0 Å². The maximum Gasteiger partial charge on any atom is 0.280 e. The molecule has 0 aliphatic carbocycles. The second-order valence-electron chi connectivity index (χ2n) is 2.55. The van der Waals surface area contributed by atoms with Gasteiger partial charge in [0.25, 0.3) is 5.69 Å². The highest BCUT2D eigenvalue weighted by Gasteiger charge is 2.20. The molecule has 0 saturated heterocycles. The Hall–Kier alpha value is 0.01000. The van der Waals surface area contributed by atoms with Crippen LogP contribution < -0.4 is 0 Å². The van der Waals surface area contributed by atoms with Gasteiger partial charge in [0.05, 0.1) is 16.1 Å². The van der Waals surface area contributed by atoms with Crippen LogP contribution in [0.3, 0.4) is 0 Å². The molecule has 0 unspecified atom stereocenters. The van der Waals surface area contributed by atoms with E-state index in [1.54, 1.807) is 13.8 Å². The molecule has 0 N–H and O–H groups in total. The van der Waals surface area contributed by atoms with Crippen molar-refractivity contribution in [3.63, 3.8) is 0 Å². The Morgan fingerprint density at radius 1 is 1.23 bits per heavy atom. The highest BCUT2D eigenvalue weighted by atomic mass is 127. The lowest BCUT2D eigenvalue weighted by molar-refractivity contribution is -0.386. The summed E-state index contributed by atoms with van der Waals surface area (Å²) in [6.45, 7) is 3.44. The van der Waals surface area contributed by atoms with E-state index in [0.717, 1.165) is 0 Å². The molecule has 0 aromatic carbocycles. The number of aromatic nitrogens is 1. The van der Waals surface area contributed by atoms with E-state index in [0.29, 0.717) is 18.5 Å². The van der Waals surface area contributed by atoms with Gasteiger partial charge in [0, 0.05) is 0 Å². The summed E-state index contributed by atoms with van der Waals surface area (Å²) in [5, 5.41) is 10.7. The third-order valence-corrected chi connectivity index (χ3v) is 3.81. The molecule has 70 valence electrons. The predicted octanol–water partition coefficient (Wildman–Crippen LogP) is 2.82. The van der Waals surface area contributed by atoms with E-state index >= 15 is 0 Å². The molecule has 0 aliphatic heterocycles. The van der Waals surface area contributed by atoms with E-state index in [2.05, 4.69) is 4.98 Å². The quantitative estimate of drug-likeness (QED) is 0.313. The van der Waals surface area contributed by atoms with Gasteiger partial charge in [-0.25, -0.2) is 4.98 Å². The maximum atomic E-state index is 10.7. The molecule has 0 radical (unpaired) electrons. The SMILES string of the molecule is Cc1c(I)nc(I)c(C)c1[N+](=O)[O-]. The van der Waals surface area contributed by atoms with Gasteiger partial charge in [0.2, 0.25) is 0 Å². The van der Waals surface area contributed by atoms with E-state index in [1.807, 2.05) is 45.2 Å². The molecule has 0 amide bonds. The largest absolute Gasteiger partial charge is 0.280 e. The third kappa shape index (κ3) is 2.09. The second kappa shape index (κ2) is 4.03. The highest BCUT2D eigenvalue weighted by molar-refractivity contribution is 14.1. The van der Waals surface area contributed by atoms with Crippen molar-refractivity contribution in [3.8, 4) is 0 Å². The number of halogens is 2. The highest BCUT2D eigenvalue weighted by Crippen LogP contribution is 2.28. The Morgan fingerprint density at radius 2 is 1.62 bits per heavy atom. The van der Waals surface area contributed by atoms with Gasteiger partial charge in [-0.1, -0.05) is 0 Å². The third-order valence-electron chi connectivity index (χ3n) is 1.71. The summed E-state index contributed by atoms with van der Waals surface area (Å²) in [4.78, 5) is 14.6. The minimum atomic E-state index is -0.351. The average Bonchev–Trinajstić information content (AvgIpc) is 2.01. The summed E-state index contributed by atoms with van der Waals surface area (Å²) in [6, 6.07) is 0. The van der Waals surface area contributed by atoms with Gasteiger partial charge in [-0.15, -0.1) is 0 Å². The van der Waals surface area contributed by atoms with Gasteiger partial charge in [-0.05, 0) is 59.0 Å². The zero-order valence-corrected chi connectivity index (χ0v) is 11.3. The number of nitro groups is 1. The zero-order chi connectivity index (χ0) is 10.2. The van der Waals surface area contributed by atoms with Gasteiger partial charge in [0.1, 0.15) is 7.40 Å². The molecule has 1 aromatic heterocycles. The Kier molecular flexibility index (Phi) is 3.44. The van der Waals surface area contributed by atoms with Crippen molar-refractivity contribution in [2.45, 2.75) is 13.8 Å². The molecule has 1 aromatic rings. The van der Waals surface area contributed by atoms with E-state index in [9.17, 15) is 10.1 Å². The molecule has 0 spiro atoms. The number of nitrogens with zero attached hydrogens (tertiary/aromatic N) is 2. The molecule has 1 heterocycles. The monoisotopic (exact) mass is 404 g/mol. The summed E-state index contributed by atoms with van der Waals surface area (Å²) in [7, 11) is 0. The van der Waals surface area contributed by atoms with Crippen molar-refractivity contribution in [1.82, 2.24) is 4.98 Å². The van der Waals surface area contributed by atoms with E-state index in [-0.39, 0.29) is 10.6 Å². The lowest BCUT2D eigenvalue weighted by Gasteiger charge is -2.04. The standard InChI is InChI=1S/C7H6I2N2O2/c1-3-5(11(12)13)4(2)7(9)10-6(3)8/h1-2H3. The molecule has 0 fully saturated rings. The number of hydrogen-bond acceptors (Lipinski definition) is 3. The summed E-state index contributed by atoms with van der Waals surface area (Å²) in [6.07, 6.45) is 0. The molecule has 0 atom stereocenters. The van der Waals surface area contributed by atoms with Gasteiger partial charge in [-0.3, -0.25) is 10.1 Å². The van der Waals surface area contributed by atoms with Gasteiger partial charge >= 0.3 is 0 Å². The summed E-state index contributed by atoms with van der Waals surface area (Å²) >= 11 is 4.01. The Balaban J connectivity index is 3.56. The smallest absolute Gasteiger partial charge is 0.258 e. The van der Waals surface area contributed by atoms with Crippen LogP contribution in [-0.4, -0.2) is 9.91 Å². The van der Waals surface area contributed by atoms with Gasteiger partial charge in [-0.2, -0.15) is 0 Å². The lowest BCUT2D eigenvalue weighted by atomic mass is 10.2. The minimum Gasteiger partial charge on any atom is -0.258 e. The first-order chi connectivity index (χ1) is 5.95. The van der Waals surface area contributed by atoms with Gasteiger partial charge < -0.3 is 0 Å². The van der Waals surface area contributed by atoms with Crippen LogP contribution in [0.5, 0.6) is 0 Å². The van der Waals surface area contributed by atoms with Crippen LogP contribution >= 0.6 is 45.2 Å². The molecular formula is C7H6I2N2O2. The first kappa shape index (κ1) is 11.1. The number of hydrogen-bond donors (Lipinski definition) is 0. The Labute approximate surface area is 103 Å². The normalized spacial score (nSPS) is 10.2. The van der Waals surface area contributed by atoms with E-state index in [4.69, 9.17) is 0 Å². The minimum absolute atomic E-state index is 0.184. The number of pyridine rings is 1. The van der Waals surface area contributed by atoms with Crippen LogP contribution in [0.15, 0.2) is 0 Å².